The summed E-state index contributed by atoms with van der Waals surface area (Å²) in [6.07, 6.45) is 4.96. The largest absolute Gasteiger partial charge is 0.478 e. The van der Waals surface area contributed by atoms with Crippen molar-refractivity contribution in [1.29, 1.82) is 0 Å². The van der Waals surface area contributed by atoms with Crippen molar-refractivity contribution >= 4 is 41.0 Å². The lowest BCUT2D eigenvalue weighted by molar-refractivity contribution is -0.149. The standard InChI is InChI=1S/C31H46ClFN4O4.C4H4O4/c1-17(2)22(29(40)35-28-19-7-18-8-20(28)13-31(41,11-18)12-19)10-26(38)24(34)14-36-15-27(39)37(16-30(36,3)4)25-9-21(33)5-6-23(25)32;5-3(6)1-2-4(7)8/h5-6,9,17-20,22,24,26,28,38,41H,7-8,10-16,34H2,1-4H3,(H,35,40);1-2H,(H,5,6)(H,7,8)/b;2-1+/t18?,19?,20?,22-,24-,26-,28?,31?;/m0./s1. The molecular weight excluding hydrogens is 659 g/mol. The van der Waals surface area contributed by atoms with Crippen molar-refractivity contribution in [2.75, 3.05) is 24.5 Å². The lowest BCUT2D eigenvalue weighted by Gasteiger charge is -2.58. The van der Waals surface area contributed by atoms with Crippen LogP contribution < -0.4 is 16.0 Å². The Morgan fingerprint density at radius 1 is 1.10 bits per heavy atom. The number of carbonyl (C=O) groups is 4. The number of carboxylic acids is 2. The third-order valence-electron chi connectivity index (χ3n) is 10.7. The van der Waals surface area contributed by atoms with Gasteiger partial charge in [-0.15, -0.1) is 0 Å². The van der Waals surface area contributed by atoms with Gasteiger partial charge in [-0.2, -0.15) is 0 Å². The van der Waals surface area contributed by atoms with Gasteiger partial charge in [-0.05, 0) is 94.2 Å². The molecule has 1 aromatic rings. The summed E-state index contributed by atoms with van der Waals surface area (Å²) in [6.45, 7) is 8.53. The summed E-state index contributed by atoms with van der Waals surface area (Å²) in [5, 5.41) is 41.3. The third-order valence-corrected chi connectivity index (χ3v) is 11.0. The van der Waals surface area contributed by atoms with E-state index in [2.05, 4.69) is 5.32 Å². The highest BCUT2D eigenvalue weighted by Gasteiger charge is 2.55. The molecule has 14 heteroatoms. The molecule has 2 amide bonds. The van der Waals surface area contributed by atoms with E-state index in [9.17, 15) is 33.8 Å². The van der Waals surface area contributed by atoms with E-state index < -0.39 is 47.0 Å². The number of rotatable bonds is 11. The second kappa shape index (κ2) is 15.4. The fraction of sp³-hybridized carbons (Fsp3) is 0.657. The Bertz CT molecular complexity index is 1410. The minimum atomic E-state index is -1.26. The number of carboxylic acid groups (broad SMARTS) is 2. The first-order chi connectivity index (χ1) is 22.8. The van der Waals surface area contributed by atoms with Gasteiger partial charge in [0.1, 0.15) is 5.82 Å². The van der Waals surface area contributed by atoms with Crippen LogP contribution in [0.4, 0.5) is 10.1 Å². The van der Waals surface area contributed by atoms with E-state index in [1.54, 1.807) is 0 Å². The van der Waals surface area contributed by atoms with Crippen molar-refractivity contribution in [2.24, 2.45) is 35.3 Å². The van der Waals surface area contributed by atoms with Crippen molar-refractivity contribution in [3.8, 4) is 0 Å². The minimum Gasteiger partial charge on any atom is -0.478 e. The van der Waals surface area contributed by atoms with E-state index >= 15 is 0 Å². The van der Waals surface area contributed by atoms with Gasteiger partial charge in [-0.1, -0.05) is 25.4 Å². The maximum absolute atomic E-state index is 13.9. The van der Waals surface area contributed by atoms with Gasteiger partial charge in [0.15, 0.2) is 0 Å². The molecule has 4 aliphatic carbocycles. The van der Waals surface area contributed by atoms with Crippen LogP contribution in [0.1, 0.15) is 66.2 Å². The lowest BCUT2D eigenvalue weighted by atomic mass is 9.52. The van der Waals surface area contributed by atoms with Crippen LogP contribution in [0.15, 0.2) is 30.4 Å². The van der Waals surface area contributed by atoms with Crippen molar-refractivity contribution in [2.45, 2.75) is 95.5 Å². The van der Waals surface area contributed by atoms with E-state index in [4.69, 9.17) is 27.5 Å². The molecule has 0 spiro atoms. The van der Waals surface area contributed by atoms with E-state index in [0.29, 0.717) is 40.6 Å². The number of benzene rings is 1. The molecule has 4 saturated carbocycles. The monoisotopic (exact) mass is 708 g/mol. The highest BCUT2D eigenvalue weighted by atomic mass is 35.5. The summed E-state index contributed by atoms with van der Waals surface area (Å²) in [6, 6.07) is 3.38. The summed E-state index contributed by atoms with van der Waals surface area (Å²) in [4.78, 5) is 49.2. The Morgan fingerprint density at radius 2 is 1.69 bits per heavy atom. The molecule has 272 valence electrons. The smallest absolute Gasteiger partial charge is 0.328 e. The van der Waals surface area contributed by atoms with Gasteiger partial charge >= 0.3 is 11.9 Å². The Kier molecular flexibility index (Phi) is 12.2. The molecule has 0 aromatic heterocycles. The molecule has 1 aromatic carbocycles. The topological polar surface area (TPSA) is 194 Å². The van der Waals surface area contributed by atoms with Crippen LogP contribution in [-0.2, 0) is 19.2 Å². The van der Waals surface area contributed by atoms with Gasteiger partial charge < -0.3 is 36.4 Å². The van der Waals surface area contributed by atoms with Crippen molar-refractivity contribution in [1.82, 2.24) is 10.2 Å². The first kappa shape index (κ1) is 38.7. The Labute approximate surface area is 291 Å². The van der Waals surface area contributed by atoms with Crippen LogP contribution in [0.5, 0.6) is 0 Å². The number of carbonyl (C=O) groups excluding carboxylic acids is 2. The van der Waals surface area contributed by atoms with Crippen LogP contribution in [-0.4, -0.2) is 98.0 Å². The predicted molar refractivity (Wildman–Crippen MR) is 181 cm³/mol. The molecule has 1 saturated heterocycles. The summed E-state index contributed by atoms with van der Waals surface area (Å²) < 4.78 is 13.9. The first-order valence-electron chi connectivity index (χ1n) is 16.9. The van der Waals surface area contributed by atoms with Gasteiger partial charge in [-0.3, -0.25) is 14.5 Å². The fourth-order valence-corrected chi connectivity index (χ4v) is 8.61. The number of nitrogens with one attached hydrogen (secondary N) is 1. The maximum atomic E-state index is 13.9. The van der Waals surface area contributed by atoms with E-state index in [1.165, 1.54) is 23.1 Å². The molecule has 7 N–H and O–H groups in total. The SMILES string of the molecule is CC(C)[C@H](C[C@H](O)[C@@H](N)CN1CC(=O)N(c2cc(F)ccc2Cl)CC1(C)C)C(=O)NC1C2CC3CC1CC(O)(C3)C2.O=C(O)/C=C/C(=O)O. The van der Waals surface area contributed by atoms with Crippen molar-refractivity contribution in [3.63, 3.8) is 0 Å². The number of amides is 2. The molecule has 1 aliphatic heterocycles. The molecule has 12 nitrogen and oxygen atoms in total. The van der Waals surface area contributed by atoms with Crippen molar-refractivity contribution in [3.05, 3.63) is 41.2 Å². The molecule has 6 rings (SSSR count). The van der Waals surface area contributed by atoms with Crippen LogP contribution in [0.25, 0.3) is 0 Å². The number of nitrogens with two attached hydrogens (primary N) is 1. The van der Waals surface area contributed by atoms with Gasteiger partial charge in [0.05, 0.1) is 29.0 Å². The van der Waals surface area contributed by atoms with Gasteiger partial charge in [0, 0.05) is 48.8 Å². The second-order valence-corrected chi connectivity index (χ2v) is 15.7. The lowest BCUT2D eigenvalue weighted by Crippen LogP contribution is -2.64. The zero-order valence-electron chi connectivity index (χ0n) is 28.5. The number of hydrogen-bond acceptors (Lipinski definition) is 8. The Morgan fingerprint density at radius 3 is 2.22 bits per heavy atom. The molecule has 0 radical (unpaired) electrons. The van der Waals surface area contributed by atoms with Crippen LogP contribution in [0.3, 0.4) is 0 Å². The third kappa shape index (κ3) is 9.57. The number of anilines is 1. The van der Waals surface area contributed by atoms with Crippen LogP contribution in [0, 0.1) is 35.4 Å². The van der Waals surface area contributed by atoms with E-state index in [-0.39, 0.29) is 49.8 Å². The molecule has 5 fully saturated rings. The van der Waals surface area contributed by atoms with Gasteiger partial charge in [0.2, 0.25) is 11.8 Å². The molecule has 5 atom stereocenters. The predicted octanol–water partition coefficient (Wildman–Crippen LogP) is 3.02. The average Bonchev–Trinajstić information content (AvgIpc) is 2.98. The molecule has 5 aliphatic rings. The number of aliphatic carboxylic acids is 2. The Hall–Kier alpha value is -3.10. The summed E-state index contributed by atoms with van der Waals surface area (Å²) >= 11 is 6.28. The quantitative estimate of drug-likeness (QED) is 0.186. The molecule has 4 bridgehead atoms. The second-order valence-electron chi connectivity index (χ2n) is 15.3. The fourth-order valence-electron chi connectivity index (χ4n) is 8.39. The molecule has 49 heavy (non-hydrogen) atoms. The average molecular weight is 709 g/mol. The zero-order valence-corrected chi connectivity index (χ0v) is 29.3. The zero-order chi connectivity index (χ0) is 36.4. The number of hydrogen-bond donors (Lipinski definition) is 6. The van der Waals surface area contributed by atoms with Crippen LogP contribution in [0.2, 0.25) is 5.02 Å². The maximum Gasteiger partial charge on any atom is 0.328 e. The summed E-state index contributed by atoms with van der Waals surface area (Å²) in [7, 11) is 0. The number of aliphatic hydroxyl groups is 2. The normalized spacial score (nSPS) is 29.3. The number of aliphatic hydroxyl groups excluding tert-OH is 1. The Balaban J connectivity index is 0.000000603. The first-order valence-corrected chi connectivity index (χ1v) is 17.3. The summed E-state index contributed by atoms with van der Waals surface area (Å²) in [5.41, 5.74) is 5.77. The highest BCUT2D eigenvalue weighted by molar-refractivity contribution is 6.33. The van der Waals surface area contributed by atoms with Crippen molar-refractivity contribution < 1.29 is 44.0 Å². The minimum absolute atomic E-state index is 0.00967. The number of piperazine rings is 1. The van der Waals surface area contributed by atoms with Crippen LogP contribution >= 0.6 is 11.6 Å². The molecule has 1 heterocycles. The summed E-state index contributed by atoms with van der Waals surface area (Å²) in [5.74, 6) is -2.45. The highest BCUT2D eigenvalue weighted by Crippen LogP contribution is 2.55. The van der Waals surface area contributed by atoms with Gasteiger partial charge in [-0.25, -0.2) is 14.0 Å². The molecule has 2 unspecified atom stereocenters. The van der Waals surface area contributed by atoms with E-state index in [0.717, 1.165) is 32.1 Å². The molecular formula is C35H50ClFN4O8. The number of nitrogens with zero attached hydrogens (tertiary/aromatic N) is 2. The van der Waals surface area contributed by atoms with Gasteiger partial charge in [0.25, 0.3) is 0 Å². The number of halogens is 2. The van der Waals surface area contributed by atoms with E-state index in [1.807, 2.05) is 32.6 Å².